The molecule has 0 bridgehead atoms. The van der Waals surface area contributed by atoms with Gasteiger partial charge in [0, 0.05) is 5.56 Å². The van der Waals surface area contributed by atoms with Crippen LogP contribution >= 0.6 is 0 Å². The predicted molar refractivity (Wildman–Crippen MR) is 44.7 cm³/mol. The molecule has 3 nitrogen and oxygen atoms in total. The van der Waals surface area contributed by atoms with Crippen LogP contribution in [0.4, 0.5) is 4.79 Å². The Bertz CT molecular complexity index is 420. The van der Waals surface area contributed by atoms with Crippen molar-refractivity contribution in [1.29, 1.82) is 0 Å². The number of benzene rings is 1. The molecule has 1 aliphatic carbocycles. The molecule has 1 atom stereocenters. The summed E-state index contributed by atoms with van der Waals surface area (Å²) in [5.74, 6) is 0.603. The number of hydrogen-bond donors (Lipinski definition) is 0. The third-order valence-corrected chi connectivity index (χ3v) is 2.25. The van der Waals surface area contributed by atoms with Crippen molar-refractivity contribution in [1.82, 2.24) is 0 Å². The van der Waals surface area contributed by atoms with Gasteiger partial charge in [0.1, 0.15) is 0 Å². The molecule has 0 radical (unpaired) electrons. The molecule has 64 valence electrons. The fraction of sp³-hybridized carbons (Fsp3) is 0.100. The van der Waals surface area contributed by atoms with Crippen LogP contribution in [0.3, 0.4) is 0 Å². The summed E-state index contributed by atoms with van der Waals surface area (Å²) in [6, 6.07) is 7.77. The first-order valence-electron chi connectivity index (χ1n) is 4.03. The third kappa shape index (κ3) is 0.811. The van der Waals surface area contributed by atoms with Gasteiger partial charge in [0.2, 0.25) is 0 Å². The van der Waals surface area contributed by atoms with E-state index < -0.39 is 6.16 Å². The van der Waals surface area contributed by atoms with E-state index in [0.29, 0.717) is 5.76 Å². The highest BCUT2D eigenvalue weighted by molar-refractivity contribution is 5.74. The zero-order chi connectivity index (χ0) is 8.84. The molecule has 0 aromatic heterocycles. The van der Waals surface area contributed by atoms with Gasteiger partial charge < -0.3 is 9.47 Å². The molecule has 1 fully saturated rings. The Morgan fingerprint density at radius 1 is 1.23 bits per heavy atom. The van der Waals surface area contributed by atoms with Crippen LogP contribution in [-0.2, 0) is 9.47 Å². The molecule has 1 saturated heterocycles. The Labute approximate surface area is 74.6 Å². The van der Waals surface area contributed by atoms with Crippen LogP contribution < -0.4 is 0 Å². The van der Waals surface area contributed by atoms with Gasteiger partial charge in [-0.2, -0.15) is 0 Å². The van der Waals surface area contributed by atoms with Gasteiger partial charge >= 0.3 is 6.16 Å². The molecular formula is C10H6O3. The summed E-state index contributed by atoms with van der Waals surface area (Å²) in [5.41, 5.74) is 2.07. The largest absolute Gasteiger partial charge is 0.514 e. The molecule has 1 aliphatic heterocycles. The molecule has 3 rings (SSSR count). The zero-order valence-electron chi connectivity index (χ0n) is 6.69. The van der Waals surface area contributed by atoms with E-state index in [1.165, 1.54) is 0 Å². The van der Waals surface area contributed by atoms with Crippen molar-refractivity contribution in [2.24, 2.45) is 0 Å². The maximum atomic E-state index is 10.8. The molecule has 0 N–H and O–H groups in total. The van der Waals surface area contributed by atoms with E-state index in [-0.39, 0.29) is 6.10 Å². The van der Waals surface area contributed by atoms with E-state index >= 15 is 0 Å². The minimum atomic E-state index is -0.606. The lowest BCUT2D eigenvalue weighted by Crippen LogP contribution is -1.97. The first-order chi connectivity index (χ1) is 6.34. The van der Waals surface area contributed by atoms with Crippen molar-refractivity contribution in [3.8, 4) is 0 Å². The van der Waals surface area contributed by atoms with E-state index in [1.807, 2.05) is 30.3 Å². The molecule has 0 amide bonds. The monoisotopic (exact) mass is 174 g/mol. The SMILES string of the molecule is O=C1OC2=Cc3ccccc3C2O1. The molecule has 1 aromatic carbocycles. The molecule has 13 heavy (non-hydrogen) atoms. The number of carbonyl (C=O) groups excluding carboxylic acids is 1. The maximum absolute atomic E-state index is 10.8. The highest BCUT2D eigenvalue weighted by Crippen LogP contribution is 2.41. The topological polar surface area (TPSA) is 35.5 Å². The van der Waals surface area contributed by atoms with Crippen LogP contribution in [0.2, 0.25) is 0 Å². The lowest BCUT2D eigenvalue weighted by molar-refractivity contribution is 0.118. The molecule has 1 unspecified atom stereocenters. The molecule has 2 aliphatic rings. The lowest BCUT2D eigenvalue weighted by atomic mass is 10.1. The number of hydrogen-bond acceptors (Lipinski definition) is 3. The normalized spacial score (nSPS) is 22.9. The summed E-state index contributed by atoms with van der Waals surface area (Å²) in [6.07, 6.45) is 0.930. The van der Waals surface area contributed by atoms with Crippen LogP contribution in [0.15, 0.2) is 30.0 Å². The van der Waals surface area contributed by atoms with Gasteiger partial charge in [0.05, 0.1) is 0 Å². The summed E-state index contributed by atoms with van der Waals surface area (Å²) in [7, 11) is 0. The van der Waals surface area contributed by atoms with Crippen molar-refractivity contribution >= 4 is 12.2 Å². The van der Waals surface area contributed by atoms with Gasteiger partial charge in [-0.15, -0.1) is 0 Å². The van der Waals surface area contributed by atoms with Crippen LogP contribution in [-0.4, -0.2) is 6.16 Å². The number of ether oxygens (including phenoxy) is 2. The summed E-state index contributed by atoms with van der Waals surface area (Å²) in [4.78, 5) is 10.8. The van der Waals surface area contributed by atoms with Crippen molar-refractivity contribution in [3.05, 3.63) is 41.2 Å². The van der Waals surface area contributed by atoms with Crippen LogP contribution in [0.25, 0.3) is 6.08 Å². The standard InChI is InChI=1S/C10H6O3/c11-10-12-8-5-6-3-1-2-4-7(6)9(8)13-10/h1-5,9H. The van der Waals surface area contributed by atoms with Gasteiger partial charge in [-0.1, -0.05) is 24.3 Å². The average Bonchev–Trinajstić information content (AvgIpc) is 2.60. The quantitative estimate of drug-likeness (QED) is 0.566. The Kier molecular flexibility index (Phi) is 1.10. The van der Waals surface area contributed by atoms with E-state index in [0.717, 1.165) is 11.1 Å². The van der Waals surface area contributed by atoms with E-state index in [9.17, 15) is 4.79 Å². The van der Waals surface area contributed by atoms with Crippen LogP contribution in [0.5, 0.6) is 0 Å². The average molecular weight is 174 g/mol. The van der Waals surface area contributed by atoms with Crippen molar-refractivity contribution < 1.29 is 14.3 Å². The highest BCUT2D eigenvalue weighted by atomic mass is 16.8. The summed E-state index contributed by atoms with van der Waals surface area (Å²) in [5, 5.41) is 0. The Morgan fingerprint density at radius 3 is 3.00 bits per heavy atom. The van der Waals surface area contributed by atoms with Gasteiger partial charge in [0.15, 0.2) is 11.9 Å². The van der Waals surface area contributed by atoms with E-state index in [1.54, 1.807) is 0 Å². The van der Waals surface area contributed by atoms with Crippen LogP contribution in [0, 0.1) is 0 Å². The molecular weight excluding hydrogens is 168 g/mol. The Morgan fingerprint density at radius 2 is 2.08 bits per heavy atom. The second-order valence-corrected chi connectivity index (χ2v) is 3.03. The van der Waals surface area contributed by atoms with Gasteiger partial charge in [-0.05, 0) is 11.6 Å². The molecule has 0 saturated carbocycles. The number of rotatable bonds is 0. The Hall–Kier alpha value is -1.77. The Balaban J connectivity index is 2.14. The minimum absolute atomic E-state index is 0.302. The molecule has 3 heteroatoms. The predicted octanol–water partition coefficient (Wildman–Crippen LogP) is 2.25. The van der Waals surface area contributed by atoms with E-state index in [2.05, 4.69) is 0 Å². The van der Waals surface area contributed by atoms with Crippen LogP contribution in [0.1, 0.15) is 17.2 Å². The maximum Gasteiger partial charge on any atom is 0.514 e. The second-order valence-electron chi connectivity index (χ2n) is 3.03. The zero-order valence-corrected chi connectivity index (χ0v) is 6.69. The lowest BCUT2D eigenvalue weighted by Gasteiger charge is -2.03. The van der Waals surface area contributed by atoms with Gasteiger partial charge in [-0.25, -0.2) is 4.79 Å². The first-order valence-corrected chi connectivity index (χ1v) is 4.03. The van der Waals surface area contributed by atoms with E-state index in [4.69, 9.17) is 9.47 Å². The van der Waals surface area contributed by atoms with Crippen molar-refractivity contribution in [3.63, 3.8) is 0 Å². The number of fused-ring (bicyclic) bond motifs is 3. The minimum Gasteiger partial charge on any atom is -0.417 e. The summed E-state index contributed by atoms with van der Waals surface area (Å²) < 4.78 is 9.85. The second kappa shape index (κ2) is 2.13. The van der Waals surface area contributed by atoms with Crippen molar-refractivity contribution in [2.45, 2.75) is 6.10 Å². The third-order valence-electron chi connectivity index (χ3n) is 2.25. The molecule has 1 heterocycles. The fourth-order valence-corrected chi connectivity index (χ4v) is 1.68. The van der Waals surface area contributed by atoms with Crippen molar-refractivity contribution in [2.75, 3.05) is 0 Å². The summed E-state index contributed by atoms with van der Waals surface area (Å²) in [6.45, 7) is 0. The smallest absolute Gasteiger partial charge is 0.417 e. The van der Waals surface area contributed by atoms with Gasteiger partial charge in [-0.3, -0.25) is 0 Å². The fourth-order valence-electron chi connectivity index (χ4n) is 1.68. The first kappa shape index (κ1) is 6.71. The highest BCUT2D eigenvalue weighted by Gasteiger charge is 2.37. The van der Waals surface area contributed by atoms with Gasteiger partial charge in [0.25, 0.3) is 0 Å². The molecule has 1 aromatic rings. The number of carbonyl (C=O) groups is 1. The summed E-state index contributed by atoms with van der Waals surface area (Å²) >= 11 is 0. The molecule has 0 spiro atoms.